The molecule has 0 saturated carbocycles. The first kappa shape index (κ1) is 11.1. The molecule has 1 heterocycles. The lowest BCUT2D eigenvalue weighted by atomic mass is 10.00. The van der Waals surface area contributed by atoms with E-state index in [1.807, 2.05) is 0 Å². The van der Waals surface area contributed by atoms with Gasteiger partial charge in [-0.3, -0.25) is 14.6 Å². The summed E-state index contributed by atoms with van der Waals surface area (Å²) in [5.74, 6) is -4.36. The molecule has 1 aromatic carbocycles. The summed E-state index contributed by atoms with van der Waals surface area (Å²) in [6.45, 7) is 0. The van der Waals surface area contributed by atoms with Crippen molar-refractivity contribution in [3.05, 3.63) is 42.1 Å². The first-order valence-corrected chi connectivity index (χ1v) is 4.90. The molecular weight excluding hydrogens is 222 g/mol. The number of carboxylic acid groups (broad SMARTS) is 2. The molecule has 0 bridgehead atoms. The van der Waals surface area contributed by atoms with Gasteiger partial charge in [0.15, 0.2) is 5.92 Å². The van der Waals surface area contributed by atoms with Crippen LogP contribution in [-0.2, 0) is 9.59 Å². The summed E-state index contributed by atoms with van der Waals surface area (Å²) in [6, 6.07) is 8.66. The van der Waals surface area contributed by atoms with E-state index in [9.17, 15) is 9.59 Å². The van der Waals surface area contributed by atoms with Gasteiger partial charge in [0, 0.05) is 11.6 Å². The van der Waals surface area contributed by atoms with Crippen LogP contribution in [0.25, 0.3) is 10.9 Å². The Bertz CT molecular complexity index is 580. The molecule has 0 amide bonds. The number of aromatic nitrogens is 1. The van der Waals surface area contributed by atoms with Gasteiger partial charge in [0.25, 0.3) is 0 Å². The zero-order valence-corrected chi connectivity index (χ0v) is 8.70. The summed E-state index contributed by atoms with van der Waals surface area (Å²) >= 11 is 0. The van der Waals surface area contributed by atoms with Gasteiger partial charge in [-0.25, -0.2) is 0 Å². The van der Waals surface area contributed by atoms with Gasteiger partial charge in [-0.05, 0) is 17.7 Å². The van der Waals surface area contributed by atoms with Gasteiger partial charge < -0.3 is 10.2 Å². The Hall–Kier alpha value is -2.43. The number of para-hydroxylation sites is 1. The zero-order valence-electron chi connectivity index (χ0n) is 8.70. The van der Waals surface area contributed by atoms with Crippen LogP contribution in [0.1, 0.15) is 11.5 Å². The minimum absolute atomic E-state index is 0.170. The SMILES string of the molecule is O=C(O)C(C(=O)O)c1cnc2ccccc2c1. The Balaban J connectivity index is 2.55. The molecule has 0 aliphatic carbocycles. The van der Waals surface area contributed by atoms with Crippen LogP contribution >= 0.6 is 0 Å². The van der Waals surface area contributed by atoms with Crippen molar-refractivity contribution in [3.63, 3.8) is 0 Å². The molecule has 0 aliphatic heterocycles. The summed E-state index contributed by atoms with van der Waals surface area (Å²) < 4.78 is 0. The maximum atomic E-state index is 10.9. The highest BCUT2D eigenvalue weighted by molar-refractivity contribution is 5.99. The monoisotopic (exact) mass is 231 g/mol. The zero-order chi connectivity index (χ0) is 12.4. The van der Waals surface area contributed by atoms with Crippen LogP contribution in [0.2, 0.25) is 0 Å². The summed E-state index contributed by atoms with van der Waals surface area (Å²) in [5, 5.41) is 18.4. The molecule has 1 aromatic heterocycles. The predicted octanol–water partition coefficient (Wildman–Crippen LogP) is 1.49. The van der Waals surface area contributed by atoms with E-state index in [0.717, 1.165) is 5.39 Å². The molecule has 0 radical (unpaired) electrons. The standard InChI is InChI=1S/C12H9NO4/c14-11(15)10(12(16)17)8-5-7-3-1-2-4-9(7)13-6-8/h1-6,10H,(H,14,15)(H,16,17). The van der Waals surface area contributed by atoms with E-state index >= 15 is 0 Å². The fourth-order valence-corrected chi connectivity index (χ4v) is 1.64. The summed E-state index contributed by atoms with van der Waals surface area (Å²) in [4.78, 5) is 25.8. The number of nitrogens with zero attached hydrogens (tertiary/aromatic N) is 1. The second-order valence-corrected chi connectivity index (χ2v) is 3.57. The number of rotatable bonds is 3. The molecule has 2 aromatic rings. The van der Waals surface area contributed by atoms with Crippen molar-refractivity contribution >= 4 is 22.8 Å². The molecule has 2 N–H and O–H groups in total. The minimum Gasteiger partial charge on any atom is -0.480 e. The molecule has 5 heteroatoms. The van der Waals surface area contributed by atoms with Crippen LogP contribution in [0.5, 0.6) is 0 Å². The Morgan fingerprint density at radius 3 is 2.41 bits per heavy atom. The summed E-state index contributed by atoms with van der Waals surface area (Å²) in [5.41, 5.74) is 0.870. The van der Waals surface area contributed by atoms with E-state index in [4.69, 9.17) is 10.2 Å². The van der Waals surface area contributed by atoms with Gasteiger partial charge in [-0.2, -0.15) is 0 Å². The van der Waals surface area contributed by atoms with Crippen molar-refractivity contribution in [1.82, 2.24) is 4.98 Å². The first-order valence-electron chi connectivity index (χ1n) is 4.90. The number of benzene rings is 1. The smallest absolute Gasteiger partial charge is 0.322 e. The second-order valence-electron chi connectivity index (χ2n) is 3.57. The molecule has 0 fully saturated rings. The lowest BCUT2D eigenvalue weighted by Gasteiger charge is -2.08. The highest BCUT2D eigenvalue weighted by Crippen LogP contribution is 2.20. The Labute approximate surface area is 96.3 Å². The molecule has 0 aliphatic rings. The van der Waals surface area contributed by atoms with Crippen LogP contribution in [0.3, 0.4) is 0 Å². The van der Waals surface area contributed by atoms with E-state index < -0.39 is 17.9 Å². The molecule has 2 rings (SSSR count). The number of aliphatic carboxylic acids is 2. The molecule has 0 atom stereocenters. The average molecular weight is 231 g/mol. The third-order valence-corrected chi connectivity index (χ3v) is 2.44. The van der Waals surface area contributed by atoms with Crippen molar-refractivity contribution in [3.8, 4) is 0 Å². The summed E-state index contributed by atoms with van der Waals surface area (Å²) in [7, 11) is 0. The molecule has 5 nitrogen and oxygen atoms in total. The van der Waals surface area contributed by atoms with Crippen molar-refractivity contribution in [2.75, 3.05) is 0 Å². The molecule has 0 unspecified atom stereocenters. The molecule has 86 valence electrons. The van der Waals surface area contributed by atoms with E-state index in [1.54, 1.807) is 24.3 Å². The van der Waals surface area contributed by atoms with Crippen LogP contribution in [0.4, 0.5) is 0 Å². The number of pyridine rings is 1. The van der Waals surface area contributed by atoms with Crippen molar-refractivity contribution < 1.29 is 19.8 Å². The van der Waals surface area contributed by atoms with E-state index in [2.05, 4.69) is 4.98 Å². The molecule has 0 spiro atoms. The van der Waals surface area contributed by atoms with Crippen molar-refractivity contribution in [2.45, 2.75) is 5.92 Å². The van der Waals surface area contributed by atoms with Crippen LogP contribution in [0, 0.1) is 0 Å². The lowest BCUT2D eigenvalue weighted by molar-refractivity contribution is -0.150. The minimum atomic E-state index is -1.58. The maximum Gasteiger partial charge on any atom is 0.322 e. The highest BCUT2D eigenvalue weighted by Gasteiger charge is 2.28. The predicted molar refractivity (Wildman–Crippen MR) is 59.8 cm³/mol. The number of carbonyl (C=O) groups is 2. The topological polar surface area (TPSA) is 87.5 Å². The van der Waals surface area contributed by atoms with Crippen molar-refractivity contribution in [2.24, 2.45) is 0 Å². The number of fused-ring (bicyclic) bond motifs is 1. The van der Waals surface area contributed by atoms with Gasteiger partial charge in [0.05, 0.1) is 5.52 Å². The number of hydrogen-bond donors (Lipinski definition) is 2. The Kier molecular flexibility index (Phi) is 2.74. The van der Waals surface area contributed by atoms with Crippen molar-refractivity contribution in [1.29, 1.82) is 0 Å². The van der Waals surface area contributed by atoms with Gasteiger partial charge in [0.2, 0.25) is 0 Å². The van der Waals surface area contributed by atoms with E-state index in [-0.39, 0.29) is 5.56 Å². The van der Waals surface area contributed by atoms with Gasteiger partial charge in [-0.1, -0.05) is 18.2 Å². The second kappa shape index (κ2) is 4.21. The Morgan fingerprint density at radius 2 is 1.76 bits per heavy atom. The third kappa shape index (κ3) is 2.08. The Morgan fingerprint density at radius 1 is 1.12 bits per heavy atom. The summed E-state index contributed by atoms with van der Waals surface area (Å²) in [6.07, 6.45) is 1.29. The third-order valence-electron chi connectivity index (χ3n) is 2.44. The average Bonchev–Trinajstić information content (AvgIpc) is 2.28. The maximum absolute atomic E-state index is 10.9. The molecule has 0 saturated heterocycles. The van der Waals surface area contributed by atoms with Crippen LogP contribution < -0.4 is 0 Å². The van der Waals surface area contributed by atoms with Crippen LogP contribution in [-0.4, -0.2) is 27.1 Å². The molecular formula is C12H9NO4. The van der Waals surface area contributed by atoms with Gasteiger partial charge in [0.1, 0.15) is 0 Å². The largest absolute Gasteiger partial charge is 0.480 e. The normalized spacial score (nSPS) is 10.6. The fraction of sp³-hybridized carbons (Fsp3) is 0.0833. The van der Waals surface area contributed by atoms with Gasteiger partial charge >= 0.3 is 11.9 Å². The van der Waals surface area contributed by atoms with E-state index in [0.29, 0.717) is 5.52 Å². The quantitative estimate of drug-likeness (QED) is 0.781. The lowest BCUT2D eigenvalue weighted by Crippen LogP contribution is -2.21. The van der Waals surface area contributed by atoms with E-state index in [1.165, 1.54) is 12.3 Å². The first-order chi connectivity index (χ1) is 8.09. The van der Waals surface area contributed by atoms with Gasteiger partial charge in [-0.15, -0.1) is 0 Å². The number of carboxylic acids is 2. The number of hydrogen-bond acceptors (Lipinski definition) is 3. The van der Waals surface area contributed by atoms with Crippen LogP contribution in [0.15, 0.2) is 36.5 Å². The fourth-order valence-electron chi connectivity index (χ4n) is 1.64. The highest BCUT2D eigenvalue weighted by atomic mass is 16.4. The molecule has 17 heavy (non-hydrogen) atoms.